The summed E-state index contributed by atoms with van der Waals surface area (Å²) in [6.07, 6.45) is 14.2. The summed E-state index contributed by atoms with van der Waals surface area (Å²) in [6.45, 7) is 43.1. The van der Waals surface area contributed by atoms with Crippen LogP contribution in [0.4, 0.5) is 0 Å². The number of ketones is 1. The lowest BCUT2D eigenvalue weighted by molar-refractivity contribution is -0.153. The molecule has 0 amide bonds. The molecule has 5 atom stereocenters. The van der Waals surface area contributed by atoms with Crippen LogP contribution in [0, 0.1) is 17.3 Å². The van der Waals surface area contributed by atoms with Crippen molar-refractivity contribution in [1.29, 1.82) is 0 Å². The Labute approximate surface area is 354 Å². The molecule has 0 bridgehead atoms. The first-order valence-electron chi connectivity index (χ1n) is 22.2. The molecule has 1 aliphatic rings. The summed E-state index contributed by atoms with van der Waals surface area (Å²) in [4.78, 5) is 32.0. The SMILES string of the molecule is CC[C@@H](C(=O)C1([C@H](CC=O)O[Si](C)(C)C(C)(C)C)CCC1)[C@@H](O[Si](C)(C)C(C)(C)C)[C@@H](C)CCC/C(C)=C/C[C@H](O[Si](C)(C)C(C)(C)C)/C(C)=C/c1ccccn1. The van der Waals surface area contributed by atoms with E-state index in [1.165, 1.54) is 11.1 Å². The Morgan fingerprint density at radius 2 is 1.39 bits per heavy atom. The van der Waals surface area contributed by atoms with Gasteiger partial charge in [0.15, 0.2) is 25.0 Å². The molecule has 0 radical (unpaired) electrons. The lowest BCUT2D eigenvalue weighted by atomic mass is 9.58. The largest absolute Gasteiger partial charge is 0.413 e. The highest BCUT2D eigenvalue weighted by Crippen LogP contribution is 2.52. The number of aromatic nitrogens is 1. The second-order valence-corrected chi connectivity index (χ2v) is 36.4. The van der Waals surface area contributed by atoms with Crippen LogP contribution < -0.4 is 0 Å². The van der Waals surface area contributed by atoms with E-state index in [2.05, 4.69) is 146 Å². The Morgan fingerprint density at radius 3 is 1.84 bits per heavy atom. The molecule has 1 aromatic heterocycles. The van der Waals surface area contributed by atoms with Gasteiger partial charge in [-0.25, -0.2) is 0 Å². The topological polar surface area (TPSA) is 74.7 Å². The Balaban J connectivity index is 2.39. The highest BCUT2D eigenvalue weighted by Gasteiger charge is 2.56. The summed E-state index contributed by atoms with van der Waals surface area (Å²) >= 11 is 0. The van der Waals surface area contributed by atoms with Gasteiger partial charge in [-0.2, -0.15) is 0 Å². The Morgan fingerprint density at radius 1 is 0.842 bits per heavy atom. The lowest BCUT2D eigenvalue weighted by Gasteiger charge is -2.52. The molecule has 57 heavy (non-hydrogen) atoms. The molecule has 0 saturated heterocycles. The van der Waals surface area contributed by atoms with Crippen molar-refractivity contribution in [3.63, 3.8) is 0 Å². The van der Waals surface area contributed by atoms with E-state index < -0.39 is 30.4 Å². The molecule has 0 N–H and O–H groups in total. The van der Waals surface area contributed by atoms with Gasteiger partial charge in [0, 0.05) is 18.5 Å². The van der Waals surface area contributed by atoms with E-state index in [1.807, 2.05) is 24.4 Å². The second-order valence-electron chi connectivity index (χ2n) is 22.2. The molecule has 0 unspecified atom stereocenters. The molecule has 0 spiro atoms. The molecule has 1 aliphatic carbocycles. The van der Waals surface area contributed by atoms with Crippen LogP contribution in [0.15, 0.2) is 41.6 Å². The zero-order valence-electron chi connectivity index (χ0n) is 40.3. The molecule has 2 rings (SSSR count). The predicted molar refractivity (Wildman–Crippen MR) is 251 cm³/mol. The smallest absolute Gasteiger partial charge is 0.192 e. The van der Waals surface area contributed by atoms with Gasteiger partial charge in [-0.1, -0.05) is 100 Å². The van der Waals surface area contributed by atoms with Gasteiger partial charge in [-0.3, -0.25) is 9.78 Å². The lowest BCUT2D eigenvalue weighted by Crippen LogP contribution is -2.58. The number of allylic oxidation sites excluding steroid dienone is 1. The van der Waals surface area contributed by atoms with Crippen molar-refractivity contribution in [3.8, 4) is 0 Å². The van der Waals surface area contributed by atoms with Gasteiger partial charge in [0.2, 0.25) is 0 Å². The minimum atomic E-state index is -2.24. The highest BCUT2D eigenvalue weighted by atomic mass is 28.4. The van der Waals surface area contributed by atoms with Crippen LogP contribution in [0.2, 0.25) is 54.4 Å². The minimum Gasteiger partial charge on any atom is -0.413 e. The maximum absolute atomic E-state index is 15.2. The monoisotopic (exact) mass is 842 g/mol. The highest BCUT2D eigenvalue weighted by molar-refractivity contribution is 6.75. The van der Waals surface area contributed by atoms with Gasteiger partial charge in [-0.05, 0) is 143 Å². The molecule has 1 fully saturated rings. The fourth-order valence-electron chi connectivity index (χ4n) is 7.26. The van der Waals surface area contributed by atoms with E-state index in [9.17, 15) is 4.79 Å². The maximum Gasteiger partial charge on any atom is 0.192 e. The first-order valence-corrected chi connectivity index (χ1v) is 30.9. The summed E-state index contributed by atoms with van der Waals surface area (Å²) < 4.78 is 21.4. The molecule has 9 heteroatoms. The minimum absolute atomic E-state index is 0.0112. The molecular weight excluding hydrogens is 755 g/mol. The summed E-state index contributed by atoms with van der Waals surface area (Å²) in [5.41, 5.74) is 2.90. The van der Waals surface area contributed by atoms with E-state index in [4.69, 9.17) is 13.3 Å². The van der Waals surface area contributed by atoms with E-state index in [1.54, 1.807) is 0 Å². The fourth-order valence-corrected chi connectivity index (χ4v) is 11.4. The molecule has 0 aliphatic heterocycles. The Hall–Kier alpha value is -1.50. The number of hydrogen-bond acceptors (Lipinski definition) is 6. The molecule has 1 heterocycles. The normalized spacial score (nSPS) is 19.0. The third kappa shape index (κ3) is 13.8. The average Bonchev–Trinajstić information content (AvgIpc) is 3.04. The maximum atomic E-state index is 15.2. The van der Waals surface area contributed by atoms with Crippen LogP contribution in [0.5, 0.6) is 0 Å². The van der Waals surface area contributed by atoms with Crippen molar-refractivity contribution in [2.75, 3.05) is 0 Å². The van der Waals surface area contributed by atoms with Gasteiger partial charge in [0.05, 0.1) is 29.4 Å². The summed E-state index contributed by atoms with van der Waals surface area (Å²) in [7, 11) is -6.50. The van der Waals surface area contributed by atoms with Crippen molar-refractivity contribution in [1.82, 2.24) is 4.98 Å². The number of aldehydes is 1. The van der Waals surface area contributed by atoms with Gasteiger partial charge in [0.25, 0.3) is 0 Å². The molecule has 6 nitrogen and oxygen atoms in total. The standard InChI is InChI=1S/C48H87NO5Si3/c1-20-40(44(51)48(31-24-32-48)42(30-34-50)53-56(16,17)46(8,9)10)43(54-57(18,19)47(11,12)13)37(3)26-23-25-36(2)28-29-41(52-55(14,15)45(5,6)7)38(4)35-39-27-21-22-33-49-39/h21-22,27-28,33-35,37,40-43H,20,23-26,29-32H2,1-19H3/b36-28+,38-35+/t37-,40+,41-,42-,43-/m0/s1. The quantitative estimate of drug-likeness (QED) is 0.0658. The third-order valence-electron chi connectivity index (χ3n) is 14.6. The number of rotatable bonds is 22. The number of pyridine rings is 1. The number of Topliss-reactive ketones (excluding diaryl/α,β-unsaturated/α-hetero) is 1. The summed E-state index contributed by atoms with van der Waals surface area (Å²) in [5.74, 6) is 0.225. The van der Waals surface area contributed by atoms with Crippen LogP contribution in [0.1, 0.15) is 153 Å². The molecular formula is C48H87NO5Si3. The van der Waals surface area contributed by atoms with Crippen molar-refractivity contribution in [3.05, 3.63) is 47.3 Å². The molecule has 1 aromatic rings. The second kappa shape index (κ2) is 20.4. The van der Waals surface area contributed by atoms with Crippen LogP contribution in [-0.4, -0.2) is 60.3 Å². The van der Waals surface area contributed by atoms with Crippen molar-refractivity contribution in [2.24, 2.45) is 17.3 Å². The van der Waals surface area contributed by atoms with Crippen molar-refractivity contribution in [2.45, 2.75) is 221 Å². The first-order chi connectivity index (χ1) is 26.0. The number of nitrogens with zero attached hydrogens (tertiary/aromatic N) is 1. The van der Waals surface area contributed by atoms with E-state index in [0.29, 0.717) is 0 Å². The molecule has 0 aromatic carbocycles. The molecule has 1 saturated carbocycles. The van der Waals surface area contributed by atoms with Crippen LogP contribution >= 0.6 is 0 Å². The van der Waals surface area contributed by atoms with Gasteiger partial charge < -0.3 is 18.1 Å². The number of carbonyl (C=O) groups is 2. The summed E-state index contributed by atoms with van der Waals surface area (Å²) in [6, 6.07) is 6.03. The number of carbonyl (C=O) groups excluding carboxylic acids is 2. The zero-order valence-corrected chi connectivity index (χ0v) is 43.3. The van der Waals surface area contributed by atoms with Crippen LogP contribution in [-0.2, 0) is 22.9 Å². The first kappa shape index (κ1) is 51.6. The van der Waals surface area contributed by atoms with E-state index in [0.717, 1.165) is 63.3 Å². The Bertz CT molecular complexity index is 1490. The van der Waals surface area contributed by atoms with E-state index in [-0.39, 0.29) is 57.5 Å². The third-order valence-corrected chi connectivity index (χ3v) is 28.0. The van der Waals surface area contributed by atoms with Crippen molar-refractivity contribution >= 4 is 43.1 Å². The van der Waals surface area contributed by atoms with Gasteiger partial charge in [-0.15, -0.1) is 0 Å². The van der Waals surface area contributed by atoms with Gasteiger partial charge >= 0.3 is 0 Å². The average molecular weight is 842 g/mol. The number of hydrogen-bond donors (Lipinski definition) is 0. The predicted octanol–water partition coefficient (Wildman–Crippen LogP) is 14.2. The Kier molecular flexibility index (Phi) is 18.5. The van der Waals surface area contributed by atoms with Crippen molar-refractivity contribution < 1.29 is 22.9 Å². The van der Waals surface area contributed by atoms with E-state index >= 15 is 4.79 Å². The fraction of sp³-hybridized carbons (Fsp3) is 0.771. The summed E-state index contributed by atoms with van der Waals surface area (Å²) in [5, 5.41) is 0.101. The van der Waals surface area contributed by atoms with Crippen LogP contribution in [0.25, 0.3) is 6.08 Å². The van der Waals surface area contributed by atoms with Crippen LogP contribution in [0.3, 0.4) is 0 Å². The molecule has 326 valence electrons. The van der Waals surface area contributed by atoms with Gasteiger partial charge in [0.1, 0.15) is 12.1 Å². The zero-order chi connectivity index (χ0) is 43.8.